The van der Waals surface area contributed by atoms with Gasteiger partial charge in [-0.05, 0) is 0 Å². The predicted molar refractivity (Wildman–Crippen MR) is 75.6 cm³/mol. The monoisotopic (exact) mass is 320 g/mol. The van der Waals surface area contributed by atoms with Gasteiger partial charge in [0, 0.05) is 5.56 Å². The lowest BCUT2D eigenvalue weighted by molar-refractivity contribution is 0.104. The topological polar surface area (TPSA) is 56.0 Å². The van der Waals surface area contributed by atoms with Crippen LogP contribution in [0.2, 0.25) is 0 Å². The molecule has 1 heterocycles. The van der Waals surface area contributed by atoms with Gasteiger partial charge in [0.15, 0.2) is 5.13 Å². The van der Waals surface area contributed by atoms with Gasteiger partial charge in [-0.3, -0.25) is 4.79 Å². The number of ketones is 1. The Kier molecular flexibility index (Phi) is 3.82. The van der Waals surface area contributed by atoms with E-state index in [0.29, 0.717) is 5.56 Å². The first-order valence-electron chi connectivity index (χ1n) is 4.83. The Hall–Kier alpha value is -0.810. The molecule has 0 saturated carbocycles. The highest BCUT2D eigenvalue weighted by atomic mass is 35.6. The smallest absolute Gasteiger partial charge is 0.234 e. The first-order chi connectivity index (χ1) is 8.39. The van der Waals surface area contributed by atoms with E-state index in [1.807, 2.05) is 6.07 Å². The number of alkyl halides is 3. The minimum absolute atomic E-state index is 0.0730. The molecule has 0 aliphatic carbocycles. The van der Waals surface area contributed by atoms with E-state index in [-0.39, 0.29) is 21.5 Å². The average Bonchev–Trinajstić information content (AvgIpc) is 2.71. The van der Waals surface area contributed by atoms with Crippen LogP contribution in [0.15, 0.2) is 30.3 Å². The van der Waals surface area contributed by atoms with Crippen LogP contribution < -0.4 is 5.73 Å². The summed E-state index contributed by atoms with van der Waals surface area (Å²) in [4.78, 5) is 16.4. The lowest BCUT2D eigenvalue weighted by Gasteiger charge is -2.09. The first-order valence-corrected chi connectivity index (χ1v) is 6.78. The van der Waals surface area contributed by atoms with E-state index < -0.39 is 3.79 Å². The standard InChI is InChI=1S/C11H7Cl3N2OS/c12-11(13,14)9-8(18-10(15)16-9)7(17)6-4-2-1-3-5-6/h1-5H,(H2,15,16). The Morgan fingerprint density at radius 2 is 1.83 bits per heavy atom. The maximum absolute atomic E-state index is 12.3. The lowest BCUT2D eigenvalue weighted by Crippen LogP contribution is -2.09. The van der Waals surface area contributed by atoms with Crippen molar-refractivity contribution in [3.63, 3.8) is 0 Å². The van der Waals surface area contributed by atoms with Gasteiger partial charge in [0.1, 0.15) is 10.6 Å². The van der Waals surface area contributed by atoms with Crippen molar-refractivity contribution < 1.29 is 4.79 Å². The molecule has 0 atom stereocenters. The van der Waals surface area contributed by atoms with Crippen molar-refractivity contribution in [2.45, 2.75) is 3.79 Å². The quantitative estimate of drug-likeness (QED) is 0.676. The highest BCUT2D eigenvalue weighted by Crippen LogP contribution is 2.42. The van der Waals surface area contributed by atoms with Crippen molar-refractivity contribution in [1.29, 1.82) is 0 Å². The van der Waals surface area contributed by atoms with Crippen molar-refractivity contribution in [2.75, 3.05) is 5.73 Å². The van der Waals surface area contributed by atoms with Crippen molar-refractivity contribution >= 4 is 57.1 Å². The number of thiazole rings is 1. The summed E-state index contributed by atoms with van der Waals surface area (Å²) in [7, 11) is 0. The van der Waals surface area contributed by atoms with E-state index in [0.717, 1.165) is 11.3 Å². The second kappa shape index (κ2) is 5.05. The molecule has 94 valence electrons. The van der Waals surface area contributed by atoms with Crippen LogP contribution in [-0.4, -0.2) is 10.8 Å². The zero-order chi connectivity index (χ0) is 13.3. The maximum atomic E-state index is 12.3. The number of anilines is 1. The fourth-order valence-corrected chi connectivity index (χ4v) is 2.83. The Morgan fingerprint density at radius 3 is 2.39 bits per heavy atom. The van der Waals surface area contributed by atoms with Crippen LogP contribution in [-0.2, 0) is 3.79 Å². The summed E-state index contributed by atoms with van der Waals surface area (Å²) in [5, 5.41) is 0.190. The summed E-state index contributed by atoms with van der Waals surface area (Å²) < 4.78 is -1.77. The number of halogens is 3. The molecule has 2 rings (SSSR count). The average molecular weight is 322 g/mol. The largest absolute Gasteiger partial charge is 0.375 e. The van der Waals surface area contributed by atoms with Crippen molar-refractivity contribution in [2.24, 2.45) is 0 Å². The van der Waals surface area contributed by atoms with Crippen molar-refractivity contribution in [1.82, 2.24) is 4.98 Å². The Labute approximate surface area is 122 Å². The third kappa shape index (κ3) is 2.78. The van der Waals surface area contributed by atoms with E-state index >= 15 is 0 Å². The van der Waals surface area contributed by atoms with E-state index in [1.54, 1.807) is 24.3 Å². The van der Waals surface area contributed by atoms with Crippen LogP contribution in [0.3, 0.4) is 0 Å². The Bertz CT molecular complexity index is 578. The van der Waals surface area contributed by atoms with Gasteiger partial charge in [-0.25, -0.2) is 4.98 Å². The zero-order valence-corrected chi connectivity index (χ0v) is 11.9. The van der Waals surface area contributed by atoms with Gasteiger partial charge in [0.05, 0.1) is 0 Å². The van der Waals surface area contributed by atoms with Crippen LogP contribution in [0, 0.1) is 0 Å². The fraction of sp³-hybridized carbons (Fsp3) is 0.0909. The molecule has 1 aromatic heterocycles. The summed E-state index contributed by atoms with van der Waals surface area (Å²) in [6.45, 7) is 0. The summed E-state index contributed by atoms with van der Waals surface area (Å²) in [5.41, 5.74) is 6.14. The number of aromatic nitrogens is 1. The van der Waals surface area contributed by atoms with E-state index in [4.69, 9.17) is 40.5 Å². The molecular formula is C11H7Cl3N2OS. The summed E-state index contributed by atoms with van der Waals surface area (Å²) >= 11 is 18.3. The number of benzene rings is 1. The molecule has 0 saturated heterocycles. The summed E-state index contributed by atoms with van der Waals surface area (Å²) in [6, 6.07) is 8.69. The highest BCUT2D eigenvalue weighted by molar-refractivity contribution is 7.17. The molecule has 0 fully saturated rings. The Morgan fingerprint density at radius 1 is 1.22 bits per heavy atom. The van der Waals surface area contributed by atoms with Crippen LogP contribution >= 0.6 is 46.1 Å². The second-order valence-corrected chi connectivity index (χ2v) is 6.73. The molecule has 2 N–H and O–H groups in total. The molecule has 0 amide bonds. The minimum Gasteiger partial charge on any atom is -0.375 e. The fourth-order valence-electron chi connectivity index (χ4n) is 1.40. The number of rotatable bonds is 2. The molecule has 2 aromatic rings. The first kappa shape index (κ1) is 13.6. The molecule has 7 heteroatoms. The van der Waals surface area contributed by atoms with Gasteiger partial charge >= 0.3 is 0 Å². The van der Waals surface area contributed by atoms with Gasteiger partial charge in [-0.15, -0.1) is 0 Å². The molecule has 3 nitrogen and oxygen atoms in total. The molecule has 18 heavy (non-hydrogen) atoms. The maximum Gasteiger partial charge on any atom is 0.234 e. The SMILES string of the molecule is Nc1nc(C(Cl)(Cl)Cl)c(C(=O)c2ccccc2)s1. The van der Waals surface area contributed by atoms with Crippen LogP contribution in [0.4, 0.5) is 5.13 Å². The lowest BCUT2D eigenvalue weighted by atomic mass is 10.1. The van der Waals surface area contributed by atoms with E-state index in [1.165, 1.54) is 0 Å². The zero-order valence-electron chi connectivity index (χ0n) is 8.86. The third-order valence-electron chi connectivity index (χ3n) is 2.15. The van der Waals surface area contributed by atoms with Gasteiger partial charge in [0.2, 0.25) is 9.58 Å². The third-order valence-corrected chi connectivity index (χ3v) is 3.57. The molecule has 1 aromatic carbocycles. The highest BCUT2D eigenvalue weighted by Gasteiger charge is 2.33. The van der Waals surface area contributed by atoms with Crippen LogP contribution in [0.25, 0.3) is 0 Å². The van der Waals surface area contributed by atoms with Gasteiger partial charge in [0.25, 0.3) is 0 Å². The second-order valence-electron chi connectivity index (χ2n) is 3.42. The number of nitrogen functional groups attached to an aromatic ring is 1. The van der Waals surface area contributed by atoms with Gasteiger partial charge in [-0.1, -0.05) is 76.5 Å². The van der Waals surface area contributed by atoms with Crippen molar-refractivity contribution in [3.8, 4) is 0 Å². The molecule has 0 bridgehead atoms. The van der Waals surface area contributed by atoms with Crippen LogP contribution in [0.1, 0.15) is 20.9 Å². The van der Waals surface area contributed by atoms with E-state index in [9.17, 15) is 4.79 Å². The number of carbonyl (C=O) groups excluding carboxylic acids is 1. The van der Waals surface area contributed by atoms with Crippen LogP contribution in [0.5, 0.6) is 0 Å². The van der Waals surface area contributed by atoms with Crippen molar-refractivity contribution in [3.05, 3.63) is 46.5 Å². The summed E-state index contributed by atoms with van der Waals surface area (Å²) in [6.07, 6.45) is 0. The number of nitrogens with two attached hydrogens (primary N) is 1. The number of carbonyl (C=O) groups is 1. The molecule has 0 aliphatic heterocycles. The van der Waals surface area contributed by atoms with E-state index in [2.05, 4.69) is 4.98 Å². The molecule has 0 aliphatic rings. The summed E-state index contributed by atoms with van der Waals surface area (Å²) in [5.74, 6) is -0.258. The molecule has 0 spiro atoms. The van der Waals surface area contributed by atoms with Gasteiger partial charge < -0.3 is 5.73 Å². The molecular weight excluding hydrogens is 315 g/mol. The minimum atomic E-state index is -1.77. The molecule has 0 radical (unpaired) electrons. The molecule has 0 unspecified atom stereocenters. The number of hydrogen-bond donors (Lipinski definition) is 1. The Balaban J connectivity index is 2.49. The normalized spacial score (nSPS) is 11.5. The number of hydrogen-bond acceptors (Lipinski definition) is 4. The predicted octanol–water partition coefficient (Wildman–Crippen LogP) is 3.78. The van der Waals surface area contributed by atoms with Gasteiger partial charge in [-0.2, -0.15) is 0 Å². The number of nitrogens with zero attached hydrogens (tertiary/aromatic N) is 1.